The topological polar surface area (TPSA) is 23.6 Å². The molecule has 110 valence electrons. The van der Waals surface area contributed by atoms with Crippen LogP contribution in [0.15, 0.2) is 22.7 Å². The number of benzene rings is 1. The van der Waals surface area contributed by atoms with Crippen molar-refractivity contribution in [3.63, 3.8) is 0 Å². The number of halogens is 1. The lowest BCUT2D eigenvalue weighted by Crippen LogP contribution is -2.41. The van der Waals surface area contributed by atoms with Gasteiger partial charge in [0, 0.05) is 24.1 Å². The molecule has 2 rings (SSSR count). The summed E-state index contributed by atoms with van der Waals surface area (Å²) in [4.78, 5) is 16.9. The average Bonchev–Trinajstić information content (AvgIpc) is 2.88. The van der Waals surface area contributed by atoms with Crippen molar-refractivity contribution in [2.24, 2.45) is 0 Å². The van der Waals surface area contributed by atoms with Gasteiger partial charge in [-0.15, -0.1) is 0 Å². The Balaban J connectivity index is 2.07. The monoisotopic (exact) mass is 338 g/mol. The summed E-state index contributed by atoms with van der Waals surface area (Å²) in [6.07, 6.45) is 2.44. The van der Waals surface area contributed by atoms with Crippen molar-refractivity contribution in [1.29, 1.82) is 0 Å². The molecule has 0 bridgehead atoms. The zero-order chi connectivity index (χ0) is 14.7. The van der Waals surface area contributed by atoms with Gasteiger partial charge in [0.15, 0.2) is 0 Å². The fourth-order valence-electron chi connectivity index (χ4n) is 2.94. The summed E-state index contributed by atoms with van der Waals surface area (Å²) in [7, 11) is 1.91. The average molecular weight is 339 g/mol. The highest BCUT2D eigenvalue weighted by Gasteiger charge is 2.26. The predicted octanol–water partition coefficient (Wildman–Crippen LogP) is 3.31. The molecule has 1 aliphatic rings. The van der Waals surface area contributed by atoms with Crippen LogP contribution in [0, 0.1) is 6.92 Å². The Bertz CT molecular complexity index is 489. The van der Waals surface area contributed by atoms with Crippen LogP contribution in [-0.2, 0) is 0 Å². The number of hydrogen-bond donors (Lipinski definition) is 0. The molecular weight excluding hydrogens is 316 g/mol. The maximum Gasteiger partial charge on any atom is 0.254 e. The zero-order valence-corrected chi connectivity index (χ0v) is 14.1. The number of amides is 1. The second kappa shape index (κ2) is 6.72. The van der Waals surface area contributed by atoms with Crippen molar-refractivity contribution in [1.82, 2.24) is 9.80 Å². The minimum atomic E-state index is 0.100. The van der Waals surface area contributed by atoms with Crippen molar-refractivity contribution in [2.45, 2.75) is 32.7 Å². The van der Waals surface area contributed by atoms with Crippen molar-refractivity contribution in [3.05, 3.63) is 33.8 Å². The molecule has 1 aliphatic heterocycles. The minimum Gasteiger partial charge on any atom is -0.340 e. The van der Waals surface area contributed by atoms with Crippen LogP contribution in [0.4, 0.5) is 0 Å². The number of nitrogens with zero attached hydrogens (tertiary/aromatic N) is 2. The summed E-state index contributed by atoms with van der Waals surface area (Å²) < 4.78 is 0.913. The molecular formula is C16H23BrN2O. The number of carbonyl (C=O) groups excluding carboxylic acids is 1. The van der Waals surface area contributed by atoms with E-state index in [4.69, 9.17) is 0 Å². The van der Waals surface area contributed by atoms with Crippen LogP contribution < -0.4 is 0 Å². The van der Waals surface area contributed by atoms with E-state index in [1.807, 2.05) is 37.1 Å². The van der Waals surface area contributed by atoms with Gasteiger partial charge in [-0.2, -0.15) is 0 Å². The highest BCUT2D eigenvalue weighted by Crippen LogP contribution is 2.23. The highest BCUT2D eigenvalue weighted by molar-refractivity contribution is 9.10. The number of likely N-dealkylation sites (N-methyl/N-ethyl adjacent to an activating group) is 2. The molecule has 1 atom stereocenters. The Kier molecular flexibility index (Phi) is 5.22. The van der Waals surface area contributed by atoms with Crippen LogP contribution in [-0.4, -0.2) is 48.4 Å². The first-order chi connectivity index (χ1) is 9.54. The lowest BCUT2D eigenvalue weighted by molar-refractivity contribution is 0.0753. The first kappa shape index (κ1) is 15.5. The van der Waals surface area contributed by atoms with Gasteiger partial charge >= 0.3 is 0 Å². The molecule has 0 aromatic heterocycles. The first-order valence-electron chi connectivity index (χ1n) is 7.29. The van der Waals surface area contributed by atoms with Gasteiger partial charge in [-0.25, -0.2) is 0 Å². The molecule has 0 saturated carbocycles. The van der Waals surface area contributed by atoms with E-state index >= 15 is 0 Å². The number of hydrogen-bond acceptors (Lipinski definition) is 2. The van der Waals surface area contributed by atoms with Gasteiger partial charge < -0.3 is 4.90 Å². The van der Waals surface area contributed by atoms with Crippen molar-refractivity contribution >= 4 is 21.8 Å². The lowest BCUT2D eigenvalue weighted by Gasteiger charge is -2.28. The Hall–Kier alpha value is -0.870. The predicted molar refractivity (Wildman–Crippen MR) is 86.1 cm³/mol. The fourth-order valence-corrected chi connectivity index (χ4v) is 3.37. The number of rotatable bonds is 4. The van der Waals surface area contributed by atoms with Gasteiger partial charge in [0.2, 0.25) is 0 Å². The molecule has 4 heteroatoms. The SMILES string of the molecule is CCN1CCCC1CN(C)C(=O)c1cccc(C)c1Br. The molecule has 3 nitrogen and oxygen atoms in total. The van der Waals surface area contributed by atoms with Crippen molar-refractivity contribution in [2.75, 3.05) is 26.7 Å². The van der Waals surface area contributed by atoms with Crippen molar-refractivity contribution in [3.8, 4) is 0 Å². The van der Waals surface area contributed by atoms with Gasteiger partial charge in [0.1, 0.15) is 0 Å². The molecule has 1 heterocycles. The van der Waals surface area contributed by atoms with E-state index < -0.39 is 0 Å². The summed E-state index contributed by atoms with van der Waals surface area (Å²) in [6.45, 7) is 7.25. The maximum absolute atomic E-state index is 12.6. The molecule has 1 saturated heterocycles. The summed E-state index contributed by atoms with van der Waals surface area (Å²) in [6, 6.07) is 6.35. The zero-order valence-electron chi connectivity index (χ0n) is 12.5. The van der Waals surface area contributed by atoms with Crippen molar-refractivity contribution < 1.29 is 4.79 Å². The minimum absolute atomic E-state index is 0.100. The lowest BCUT2D eigenvalue weighted by atomic mass is 10.1. The quantitative estimate of drug-likeness (QED) is 0.840. The van der Waals surface area contributed by atoms with E-state index in [9.17, 15) is 4.79 Å². The van der Waals surface area contributed by atoms with Crippen LogP contribution in [0.1, 0.15) is 35.7 Å². The maximum atomic E-state index is 12.6. The van der Waals surface area contributed by atoms with E-state index in [1.54, 1.807) is 0 Å². The largest absolute Gasteiger partial charge is 0.340 e. The molecule has 1 fully saturated rings. The Morgan fingerprint density at radius 2 is 2.25 bits per heavy atom. The second-order valence-corrected chi connectivity index (χ2v) is 6.34. The van der Waals surface area contributed by atoms with Gasteiger partial charge in [0.25, 0.3) is 5.91 Å². The molecule has 1 amide bonds. The van der Waals surface area contributed by atoms with E-state index in [1.165, 1.54) is 12.8 Å². The Morgan fingerprint density at radius 3 is 2.95 bits per heavy atom. The third-order valence-corrected chi connectivity index (χ3v) is 5.21. The van der Waals surface area contributed by atoms with Gasteiger partial charge in [0.05, 0.1) is 5.56 Å². The van der Waals surface area contributed by atoms with E-state index in [-0.39, 0.29) is 5.91 Å². The standard InChI is InChI=1S/C16H23BrN2O/c1-4-19-10-6-8-13(19)11-18(3)16(20)14-9-5-7-12(2)15(14)17/h5,7,9,13H,4,6,8,10-11H2,1-3H3. The summed E-state index contributed by atoms with van der Waals surface area (Å²) >= 11 is 3.53. The molecule has 0 N–H and O–H groups in total. The molecule has 0 radical (unpaired) electrons. The third-order valence-electron chi connectivity index (χ3n) is 4.16. The normalized spacial score (nSPS) is 19.3. The van der Waals surface area contributed by atoms with E-state index in [0.29, 0.717) is 6.04 Å². The highest BCUT2D eigenvalue weighted by atomic mass is 79.9. The molecule has 20 heavy (non-hydrogen) atoms. The first-order valence-corrected chi connectivity index (χ1v) is 8.08. The van der Waals surface area contributed by atoms with Crippen LogP contribution in [0.2, 0.25) is 0 Å². The summed E-state index contributed by atoms with van der Waals surface area (Å²) in [5.41, 5.74) is 1.86. The number of likely N-dealkylation sites (tertiary alicyclic amines) is 1. The smallest absolute Gasteiger partial charge is 0.254 e. The van der Waals surface area contributed by atoms with Gasteiger partial charge in [-0.1, -0.05) is 19.1 Å². The van der Waals surface area contributed by atoms with Gasteiger partial charge in [-0.3, -0.25) is 9.69 Å². The Labute approximate surface area is 130 Å². The van der Waals surface area contributed by atoms with Crippen LogP contribution in [0.5, 0.6) is 0 Å². The summed E-state index contributed by atoms with van der Waals surface area (Å²) in [5.74, 6) is 0.100. The molecule has 0 aliphatic carbocycles. The molecule has 1 aromatic rings. The van der Waals surface area contributed by atoms with Crippen LogP contribution in [0.25, 0.3) is 0 Å². The van der Waals surface area contributed by atoms with Crippen LogP contribution in [0.3, 0.4) is 0 Å². The molecule has 1 unspecified atom stereocenters. The number of carbonyl (C=O) groups is 1. The molecule has 1 aromatic carbocycles. The second-order valence-electron chi connectivity index (χ2n) is 5.55. The third kappa shape index (κ3) is 3.23. The van der Waals surface area contributed by atoms with E-state index in [0.717, 1.165) is 35.2 Å². The Morgan fingerprint density at radius 1 is 1.50 bits per heavy atom. The fraction of sp³-hybridized carbons (Fsp3) is 0.562. The number of aryl methyl sites for hydroxylation is 1. The van der Waals surface area contributed by atoms with Crippen LogP contribution >= 0.6 is 15.9 Å². The molecule has 0 spiro atoms. The summed E-state index contributed by atoms with van der Waals surface area (Å²) in [5, 5.41) is 0. The van der Waals surface area contributed by atoms with Gasteiger partial charge in [-0.05, 0) is 60.4 Å². The van der Waals surface area contributed by atoms with E-state index in [2.05, 4.69) is 27.8 Å².